The zero-order valence-corrected chi connectivity index (χ0v) is 16.5. The van der Waals surface area contributed by atoms with Crippen LogP contribution in [0.5, 0.6) is 11.5 Å². The minimum atomic E-state index is -4.72. The first-order valence-corrected chi connectivity index (χ1v) is 8.31. The third kappa shape index (κ3) is 7.12. The second-order valence-corrected chi connectivity index (χ2v) is 5.99. The summed E-state index contributed by atoms with van der Waals surface area (Å²) in [6, 6.07) is 3.13. The number of rotatable bonds is 4. The number of halogens is 10. The van der Waals surface area contributed by atoms with Crippen LogP contribution in [0.1, 0.15) is 11.1 Å². The maximum absolute atomic E-state index is 13.5. The fourth-order valence-corrected chi connectivity index (χ4v) is 2.99. The first-order chi connectivity index (χ1) is 11.5. The van der Waals surface area contributed by atoms with Crippen LogP contribution in [0, 0.1) is 11.6 Å². The molecule has 0 heterocycles. The van der Waals surface area contributed by atoms with Crippen LogP contribution in [0.4, 0.5) is 35.1 Å². The second kappa shape index (κ2) is 9.93. The van der Waals surface area contributed by atoms with Crippen molar-refractivity contribution >= 4 is 0 Å². The van der Waals surface area contributed by atoms with Gasteiger partial charge < -0.3 is 24.8 Å². The topological polar surface area (TPSA) is 18.5 Å². The average Bonchev–Trinajstić information content (AvgIpc) is 2.48. The van der Waals surface area contributed by atoms with E-state index >= 15 is 0 Å². The molecule has 0 amide bonds. The summed E-state index contributed by atoms with van der Waals surface area (Å²) >= 11 is -2.46. The van der Waals surface area contributed by atoms with Gasteiger partial charge >= 0.3 is 148 Å². The fourth-order valence-electron chi connectivity index (χ4n) is 1.63. The predicted molar refractivity (Wildman–Crippen MR) is 64.1 cm³/mol. The molecule has 0 N–H and O–H groups in total. The third-order valence-corrected chi connectivity index (χ3v) is 4.31. The molecule has 2 nitrogen and oxygen atoms in total. The minimum Gasteiger partial charge on any atom is -1.00 e. The van der Waals surface area contributed by atoms with Gasteiger partial charge in [0.25, 0.3) is 0 Å². The largest absolute Gasteiger partial charge is 1.00 e. The summed E-state index contributed by atoms with van der Waals surface area (Å²) in [5, 5.41) is 0. The van der Waals surface area contributed by atoms with Crippen LogP contribution in [-0.4, -0.2) is 0 Å². The van der Waals surface area contributed by atoms with E-state index in [0.29, 0.717) is 12.1 Å². The third-order valence-electron chi connectivity index (χ3n) is 2.82. The van der Waals surface area contributed by atoms with E-state index in [-0.39, 0.29) is 36.9 Å². The van der Waals surface area contributed by atoms with Gasteiger partial charge in [0, 0.05) is 0 Å². The van der Waals surface area contributed by atoms with Crippen LogP contribution in [-0.2, 0) is 36.5 Å². The van der Waals surface area contributed by atoms with Crippen LogP contribution in [0.2, 0.25) is 0 Å². The Bertz CT molecular complexity index is 704. The van der Waals surface area contributed by atoms with Gasteiger partial charge in [0.05, 0.1) is 0 Å². The molecule has 0 saturated carbocycles. The molecular weight excluding hydrogens is 514 g/mol. The molecule has 0 aliphatic heterocycles. The monoisotopic (exact) mass is 518 g/mol. The Morgan fingerprint density at radius 2 is 0.963 bits per heavy atom. The summed E-state index contributed by atoms with van der Waals surface area (Å²) in [6.07, 6.45) is -9.45. The normalized spacial score (nSPS) is 11.0. The van der Waals surface area contributed by atoms with Crippen molar-refractivity contribution < 1.29 is 89.7 Å². The smallest absolute Gasteiger partial charge is 1.00 e. The predicted octanol–water partition coefficient (Wildman–Crippen LogP) is -0.619. The fraction of sp³-hybridized carbons (Fsp3) is 0.143. The van der Waals surface area contributed by atoms with Crippen molar-refractivity contribution in [2.24, 2.45) is 0 Å². The molecule has 0 aliphatic carbocycles. The van der Waals surface area contributed by atoms with Crippen molar-refractivity contribution in [2.75, 3.05) is 0 Å². The van der Waals surface area contributed by atoms with Crippen molar-refractivity contribution in [2.45, 2.75) is 12.4 Å². The molecule has 0 radical (unpaired) electrons. The molecule has 0 unspecified atom stereocenters. The zero-order chi connectivity index (χ0) is 18.8. The first kappa shape index (κ1) is 25.9. The minimum absolute atomic E-state index is 0. The molecule has 0 aliphatic rings. The van der Waals surface area contributed by atoms with Gasteiger partial charge in [-0.1, -0.05) is 0 Å². The molecule has 2 aromatic rings. The molecule has 27 heavy (non-hydrogen) atoms. The summed E-state index contributed by atoms with van der Waals surface area (Å²) in [6.45, 7) is 0. The van der Waals surface area contributed by atoms with Crippen molar-refractivity contribution in [3.63, 3.8) is 0 Å². The molecule has 0 saturated heterocycles. The standard InChI is InChI=1S/2C7H4F4O.2ClH.Zr/c2*8-5-3-4(7(9,10)11)1-2-6(5)12;;;/h2*1-3,12H;2*1H;/q;;;;+4/p-4. The van der Waals surface area contributed by atoms with Gasteiger partial charge in [0.1, 0.15) is 0 Å². The van der Waals surface area contributed by atoms with Crippen LogP contribution >= 0.6 is 0 Å². The number of alkyl halides is 6. The van der Waals surface area contributed by atoms with Gasteiger partial charge in [-0.3, -0.25) is 0 Å². The zero-order valence-electron chi connectivity index (χ0n) is 12.6. The molecule has 148 valence electrons. The Morgan fingerprint density at radius 1 is 0.630 bits per heavy atom. The molecule has 13 heteroatoms. The molecule has 0 atom stereocenters. The SMILES string of the molecule is Fc1cc(C(F)(F)F)ccc1[O][Zr+2][O]c1ccc(C(F)(F)F)cc1F.[Cl-].[Cl-]. The Labute approximate surface area is 172 Å². The van der Waals surface area contributed by atoms with Crippen molar-refractivity contribution in [1.82, 2.24) is 0 Å². The summed E-state index contributed by atoms with van der Waals surface area (Å²) < 4.78 is 111. The van der Waals surface area contributed by atoms with E-state index in [2.05, 4.69) is 0 Å². The van der Waals surface area contributed by atoms with Crippen molar-refractivity contribution in [1.29, 1.82) is 0 Å². The van der Waals surface area contributed by atoms with Crippen LogP contribution in [0.25, 0.3) is 0 Å². The molecule has 0 spiro atoms. The molecule has 2 aromatic carbocycles. The van der Waals surface area contributed by atoms with E-state index in [1.165, 1.54) is 0 Å². The summed E-state index contributed by atoms with van der Waals surface area (Å²) in [4.78, 5) is 0. The van der Waals surface area contributed by atoms with Crippen molar-refractivity contribution in [3.8, 4) is 11.5 Å². The van der Waals surface area contributed by atoms with Gasteiger partial charge in [0.15, 0.2) is 0 Å². The molecule has 2 rings (SSSR count). The maximum atomic E-state index is 13.5. The Morgan fingerprint density at radius 3 is 1.22 bits per heavy atom. The average molecular weight is 520 g/mol. The molecule has 0 aromatic heterocycles. The maximum Gasteiger partial charge on any atom is -1.00 e. The van der Waals surface area contributed by atoms with Crippen LogP contribution in [0.3, 0.4) is 0 Å². The van der Waals surface area contributed by atoms with E-state index in [9.17, 15) is 35.1 Å². The van der Waals surface area contributed by atoms with E-state index in [0.717, 1.165) is 12.1 Å². The van der Waals surface area contributed by atoms with Crippen LogP contribution in [0.15, 0.2) is 36.4 Å². The Hall–Kier alpha value is -1.06. The Balaban J connectivity index is 0.00000338. The van der Waals surface area contributed by atoms with Gasteiger partial charge in [-0.2, -0.15) is 0 Å². The molecule has 0 bridgehead atoms. The first-order valence-electron chi connectivity index (χ1n) is 6.30. The number of hydrogen-bond acceptors (Lipinski definition) is 2. The summed E-state index contributed by atoms with van der Waals surface area (Å²) in [5.41, 5.74) is -2.42. The quantitative estimate of drug-likeness (QED) is 0.501. The van der Waals surface area contributed by atoms with Gasteiger partial charge in [0.2, 0.25) is 0 Å². The molecule has 0 fully saturated rings. The Kier molecular flexibility index (Phi) is 9.54. The number of benzene rings is 2. The van der Waals surface area contributed by atoms with Crippen molar-refractivity contribution in [3.05, 3.63) is 59.2 Å². The van der Waals surface area contributed by atoms with E-state index in [4.69, 9.17) is 5.63 Å². The van der Waals surface area contributed by atoms with Gasteiger partial charge in [-0.05, 0) is 0 Å². The molecular formula is C14H6Cl2F8O2Zr. The van der Waals surface area contributed by atoms with E-state index in [1.54, 1.807) is 0 Å². The summed E-state index contributed by atoms with van der Waals surface area (Å²) in [7, 11) is 0. The summed E-state index contributed by atoms with van der Waals surface area (Å²) in [5.74, 6) is -3.61. The van der Waals surface area contributed by atoms with E-state index in [1.807, 2.05) is 0 Å². The van der Waals surface area contributed by atoms with Gasteiger partial charge in [-0.15, -0.1) is 0 Å². The van der Waals surface area contributed by atoms with Crippen LogP contribution < -0.4 is 30.4 Å². The van der Waals surface area contributed by atoms with Gasteiger partial charge in [-0.25, -0.2) is 0 Å². The van der Waals surface area contributed by atoms with E-state index < -0.39 is 70.7 Å². The number of hydrogen-bond donors (Lipinski definition) is 0. The second-order valence-electron chi connectivity index (χ2n) is 4.57.